The lowest BCUT2D eigenvalue weighted by Gasteiger charge is -2.43. The van der Waals surface area contributed by atoms with Crippen molar-refractivity contribution in [3.8, 4) is 0 Å². The lowest BCUT2D eigenvalue weighted by Crippen LogP contribution is -2.49. The average Bonchev–Trinajstić information content (AvgIpc) is 2.66. The summed E-state index contributed by atoms with van der Waals surface area (Å²) in [6.45, 7) is 4.88. The number of halogens is 1. The summed E-state index contributed by atoms with van der Waals surface area (Å²) >= 11 is 5.38. The van der Waals surface area contributed by atoms with E-state index in [0.29, 0.717) is 0 Å². The molecule has 1 aromatic rings. The van der Waals surface area contributed by atoms with Crippen LogP contribution in [0.3, 0.4) is 0 Å². The summed E-state index contributed by atoms with van der Waals surface area (Å²) in [5, 5.41) is 0. The second-order valence-electron chi connectivity index (χ2n) is 5.25. The zero-order chi connectivity index (χ0) is 11.8. The molecule has 17 heavy (non-hydrogen) atoms. The van der Waals surface area contributed by atoms with Crippen molar-refractivity contribution < 1.29 is 0 Å². The molecule has 0 amide bonds. The molecule has 1 aliphatic carbocycles. The molecule has 4 heteroatoms. The van der Waals surface area contributed by atoms with Crippen LogP contribution in [0, 0.1) is 5.92 Å². The zero-order valence-corrected chi connectivity index (χ0v) is 12.7. The SMILES string of the molecule is CCCN1CCC[C@@H]2Cc3nc(Br)sc3C[C@H]21. The largest absolute Gasteiger partial charge is 0.300 e. The number of aromatic nitrogens is 1. The van der Waals surface area contributed by atoms with Crippen molar-refractivity contribution in [2.24, 2.45) is 5.92 Å². The van der Waals surface area contributed by atoms with Gasteiger partial charge in [-0.3, -0.25) is 4.90 Å². The zero-order valence-electron chi connectivity index (χ0n) is 10.3. The standard InChI is InChI=1S/C13H19BrN2S/c1-2-5-16-6-3-4-9-7-10-12(8-11(9)16)17-13(14)15-10/h9,11H,2-8H2,1H3/t9-,11-/m1/s1. The Morgan fingerprint density at radius 1 is 1.47 bits per heavy atom. The Morgan fingerprint density at radius 2 is 2.35 bits per heavy atom. The highest BCUT2D eigenvalue weighted by Crippen LogP contribution is 2.38. The molecule has 2 nitrogen and oxygen atoms in total. The van der Waals surface area contributed by atoms with Crippen LogP contribution >= 0.6 is 27.3 Å². The Balaban J connectivity index is 1.83. The van der Waals surface area contributed by atoms with Crippen molar-refractivity contribution in [3.05, 3.63) is 14.5 Å². The molecule has 3 rings (SSSR count). The molecule has 1 aromatic heterocycles. The van der Waals surface area contributed by atoms with Gasteiger partial charge in [-0.25, -0.2) is 4.98 Å². The molecule has 2 heterocycles. The molecule has 0 unspecified atom stereocenters. The number of hydrogen-bond acceptors (Lipinski definition) is 3. The van der Waals surface area contributed by atoms with Gasteiger partial charge in [-0.05, 0) is 67.0 Å². The first-order chi connectivity index (χ1) is 8.28. The number of piperidine rings is 1. The van der Waals surface area contributed by atoms with E-state index in [0.717, 1.165) is 15.9 Å². The molecule has 0 N–H and O–H groups in total. The molecule has 0 radical (unpaired) electrons. The van der Waals surface area contributed by atoms with Crippen molar-refractivity contribution in [1.29, 1.82) is 0 Å². The number of hydrogen-bond donors (Lipinski definition) is 0. The average molecular weight is 315 g/mol. The number of fused-ring (bicyclic) bond motifs is 2. The minimum absolute atomic E-state index is 0.795. The predicted octanol–water partition coefficient (Wildman–Crippen LogP) is 3.49. The van der Waals surface area contributed by atoms with Crippen molar-refractivity contribution in [3.63, 3.8) is 0 Å². The third-order valence-corrected chi connectivity index (χ3v) is 5.72. The van der Waals surface area contributed by atoms with Crippen LogP contribution in [-0.4, -0.2) is 29.0 Å². The van der Waals surface area contributed by atoms with Gasteiger partial charge in [0, 0.05) is 10.9 Å². The highest BCUT2D eigenvalue weighted by Gasteiger charge is 2.36. The Labute approximate surface area is 116 Å². The molecular weight excluding hydrogens is 296 g/mol. The predicted molar refractivity (Wildman–Crippen MR) is 75.6 cm³/mol. The van der Waals surface area contributed by atoms with E-state index in [1.54, 1.807) is 0 Å². The van der Waals surface area contributed by atoms with Crippen molar-refractivity contribution >= 4 is 27.3 Å². The smallest absolute Gasteiger partial charge is 0.159 e. The first-order valence-corrected chi connectivity index (χ1v) is 8.27. The molecule has 1 fully saturated rings. The molecule has 94 valence electrons. The minimum atomic E-state index is 0.795. The van der Waals surface area contributed by atoms with E-state index in [1.807, 2.05) is 11.3 Å². The van der Waals surface area contributed by atoms with Crippen LogP contribution in [-0.2, 0) is 12.8 Å². The van der Waals surface area contributed by atoms with Crippen molar-refractivity contribution in [1.82, 2.24) is 9.88 Å². The Bertz CT molecular complexity index is 402. The second-order valence-corrected chi connectivity index (χ2v) is 7.61. The monoisotopic (exact) mass is 314 g/mol. The third-order valence-electron chi connectivity index (χ3n) is 4.15. The van der Waals surface area contributed by atoms with Crippen LogP contribution in [0.1, 0.15) is 36.8 Å². The van der Waals surface area contributed by atoms with Crippen LogP contribution < -0.4 is 0 Å². The Hall–Kier alpha value is 0.0700. The van der Waals surface area contributed by atoms with Crippen LogP contribution in [0.2, 0.25) is 0 Å². The molecule has 0 spiro atoms. The van der Waals surface area contributed by atoms with Crippen molar-refractivity contribution in [2.75, 3.05) is 13.1 Å². The fraction of sp³-hybridized carbons (Fsp3) is 0.769. The van der Waals surface area contributed by atoms with Gasteiger partial charge in [0.1, 0.15) is 0 Å². The minimum Gasteiger partial charge on any atom is -0.300 e. The summed E-state index contributed by atoms with van der Waals surface area (Å²) in [6.07, 6.45) is 6.51. The van der Waals surface area contributed by atoms with Crippen LogP contribution in [0.25, 0.3) is 0 Å². The van der Waals surface area contributed by atoms with Gasteiger partial charge >= 0.3 is 0 Å². The first-order valence-electron chi connectivity index (χ1n) is 6.66. The van der Waals surface area contributed by atoms with Crippen LogP contribution in [0.15, 0.2) is 3.92 Å². The van der Waals surface area contributed by atoms with E-state index < -0.39 is 0 Å². The summed E-state index contributed by atoms with van der Waals surface area (Å²) < 4.78 is 1.07. The summed E-state index contributed by atoms with van der Waals surface area (Å²) in [5.74, 6) is 0.858. The maximum atomic E-state index is 4.63. The van der Waals surface area contributed by atoms with Gasteiger partial charge < -0.3 is 0 Å². The number of nitrogens with zero attached hydrogens (tertiary/aromatic N) is 2. The van der Waals surface area contributed by atoms with Gasteiger partial charge in [0.05, 0.1) is 5.69 Å². The van der Waals surface area contributed by atoms with Gasteiger partial charge in [0.25, 0.3) is 0 Å². The second kappa shape index (κ2) is 4.98. The topological polar surface area (TPSA) is 16.1 Å². The highest BCUT2D eigenvalue weighted by molar-refractivity contribution is 9.11. The molecule has 0 saturated carbocycles. The molecule has 1 saturated heterocycles. The normalized spacial score (nSPS) is 28.8. The number of thiazole rings is 1. The van der Waals surface area contributed by atoms with E-state index in [9.17, 15) is 0 Å². The quantitative estimate of drug-likeness (QED) is 0.830. The molecule has 0 aromatic carbocycles. The Kier molecular flexibility index (Phi) is 3.55. The molecule has 2 atom stereocenters. The van der Waals surface area contributed by atoms with Crippen LogP contribution in [0.5, 0.6) is 0 Å². The summed E-state index contributed by atoms with van der Waals surface area (Å²) in [7, 11) is 0. The maximum absolute atomic E-state index is 4.63. The van der Waals surface area contributed by atoms with Crippen LogP contribution in [0.4, 0.5) is 0 Å². The van der Waals surface area contributed by atoms with E-state index in [1.165, 1.54) is 55.8 Å². The summed E-state index contributed by atoms with van der Waals surface area (Å²) in [6, 6.07) is 0.795. The first kappa shape index (κ1) is 12.1. The van der Waals surface area contributed by atoms with E-state index in [4.69, 9.17) is 0 Å². The number of likely N-dealkylation sites (tertiary alicyclic amines) is 1. The highest BCUT2D eigenvalue weighted by atomic mass is 79.9. The van der Waals surface area contributed by atoms with Gasteiger partial charge in [0.15, 0.2) is 3.92 Å². The fourth-order valence-electron chi connectivity index (χ4n) is 3.42. The summed E-state index contributed by atoms with van der Waals surface area (Å²) in [5.41, 5.74) is 1.38. The van der Waals surface area contributed by atoms with Gasteiger partial charge in [-0.1, -0.05) is 6.92 Å². The van der Waals surface area contributed by atoms with E-state index in [2.05, 4.69) is 32.7 Å². The van der Waals surface area contributed by atoms with Gasteiger partial charge in [-0.15, -0.1) is 11.3 Å². The lowest BCUT2D eigenvalue weighted by atomic mass is 9.79. The fourth-order valence-corrected chi connectivity index (χ4v) is 5.08. The van der Waals surface area contributed by atoms with E-state index >= 15 is 0 Å². The Morgan fingerprint density at radius 3 is 3.18 bits per heavy atom. The molecule has 2 aliphatic rings. The van der Waals surface area contributed by atoms with Gasteiger partial charge in [-0.2, -0.15) is 0 Å². The number of rotatable bonds is 2. The maximum Gasteiger partial charge on any atom is 0.159 e. The molecule has 1 aliphatic heterocycles. The molecular formula is C13H19BrN2S. The summed E-state index contributed by atoms with van der Waals surface area (Å²) in [4.78, 5) is 8.89. The van der Waals surface area contributed by atoms with E-state index in [-0.39, 0.29) is 0 Å². The third kappa shape index (κ3) is 2.32. The molecule has 0 bridgehead atoms. The van der Waals surface area contributed by atoms with Gasteiger partial charge in [0.2, 0.25) is 0 Å². The lowest BCUT2D eigenvalue weighted by molar-refractivity contribution is 0.0857. The van der Waals surface area contributed by atoms with Crippen molar-refractivity contribution in [2.45, 2.75) is 45.1 Å².